The summed E-state index contributed by atoms with van der Waals surface area (Å²) in [6.45, 7) is 0. The molecule has 1 N–H and O–H groups in total. The van der Waals surface area contributed by atoms with Gasteiger partial charge in [-0.05, 0) is 17.7 Å². The van der Waals surface area contributed by atoms with E-state index in [9.17, 15) is 8.42 Å². The first kappa shape index (κ1) is 11.0. The molecule has 0 amide bonds. The third kappa shape index (κ3) is 3.35. The van der Waals surface area contributed by atoms with Crippen LogP contribution in [0.5, 0.6) is 0 Å². The molecule has 5 heteroatoms. The molecule has 0 aliphatic heterocycles. The summed E-state index contributed by atoms with van der Waals surface area (Å²) in [7, 11) is -0.203. The number of benzene rings is 1. The molecule has 14 heavy (non-hydrogen) atoms. The molecular weight excluding hydrogens is 202 g/mol. The Morgan fingerprint density at radius 3 is 2.50 bits per heavy atom. The lowest BCUT2D eigenvalue weighted by Gasteiger charge is -2.12. The van der Waals surface area contributed by atoms with E-state index in [-0.39, 0.29) is 5.75 Å². The minimum Gasteiger partial charge on any atom is -0.378 e. The van der Waals surface area contributed by atoms with E-state index in [2.05, 4.69) is 0 Å². The molecule has 0 aliphatic carbocycles. The van der Waals surface area contributed by atoms with E-state index < -0.39 is 10.1 Å². The van der Waals surface area contributed by atoms with E-state index in [1.165, 1.54) is 0 Å². The van der Waals surface area contributed by atoms with Gasteiger partial charge in [0.05, 0.1) is 0 Å². The predicted octanol–water partition coefficient (Wildman–Crippen LogP) is 1.14. The number of hydrogen-bond donors (Lipinski definition) is 1. The summed E-state index contributed by atoms with van der Waals surface area (Å²) in [4.78, 5) is 1.87. The maximum atomic E-state index is 10.6. The van der Waals surface area contributed by atoms with Crippen molar-refractivity contribution in [3.8, 4) is 0 Å². The molecule has 4 nitrogen and oxygen atoms in total. The Morgan fingerprint density at radius 2 is 2.00 bits per heavy atom. The fourth-order valence-electron chi connectivity index (χ4n) is 1.14. The Labute approximate surface area is 83.9 Å². The van der Waals surface area contributed by atoms with Gasteiger partial charge in [-0.3, -0.25) is 4.55 Å². The van der Waals surface area contributed by atoms with Crippen LogP contribution in [0.2, 0.25) is 0 Å². The first-order chi connectivity index (χ1) is 6.38. The Kier molecular flexibility index (Phi) is 3.13. The Balaban J connectivity index is 2.95. The third-order valence-corrected chi connectivity index (χ3v) is 2.47. The van der Waals surface area contributed by atoms with Crippen molar-refractivity contribution in [2.45, 2.75) is 5.75 Å². The summed E-state index contributed by atoms with van der Waals surface area (Å²) in [5, 5.41) is 0. The van der Waals surface area contributed by atoms with Gasteiger partial charge >= 0.3 is 0 Å². The molecule has 0 unspecified atom stereocenters. The van der Waals surface area contributed by atoms with E-state index in [0.717, 1.165) is 5.69 Å². The van der Waals surface area contributed by atoms with Gasteiger partial charge in [0.2, 0.25) is 0 Å². The van der Waals surface area contributed by atoms with Crippen molar-refractivity contribution in [2.75, 3.05) is 19.0 Å². The molecule has 0 spiro atoms. The van der Waals surface area contributed by atoms with E-state index >= 15 is 0 Å². The van der Waals surface area contributed by atoms with Crippen LogP contribution in [0.3, 0.4) is 0 Å². The normalized spacial score (nSPS) is 11.4. The summed E-state index contributed by atoms with van der Waals surface area (Å²) in [6.07, 6.45) is 0. The van der Waals surface area contributed by atoms with Crippen LogP contribution < -0.4 is 4.90 Å². The lowest BCUT2D eigenvalue weighted by molar-refractivity contribution is 0.482. The average Bonchev–Trinajstić information content (AvgIpc) is 2.01. The minimum absolute atomic E-state index is 0.339. The Morgan fingerprint density at radius 1 is 1.36 bits per heavy atom. The zero-order valence-electron chi connectivity index (χ0n) is 8.14. The van der Waals surface area contributed by atoms with Crippen LogP contribution in [0.15, 0.2) is 24.3 Å². The number of rotatable bonds is 3. The molecule has 78 valence electrons. The van der Waals surface area contributed by atoms with Crippen LogP contribution in [-0.4, -0.2) is 27.1 Å². The maximum Gasteiger partial charge on any atom is 0.269 e. The molecule has 0 radical (unpaired) electrons. The van der Waals surface area contributed by atoms with Crippen LogP contribution >= 0.6 is 0 Å². The predicted molar refractivity (Wildman–Crippen MR) is 56.0 cm³/mol. The Bertz CT molecular complexity index is 412. The minimum atomic E-state index is -3.94. The van der Waals surface area contributed by atoms with Gasteiger partial charge in [0.25, 0.3) is 10.1 Å². The SMILES string of the molecule is CN(C)c1cccc(CS(=O)(=O)O)c1. The van der Waals surface area contributed by atoms with Gasteiger partial charge in [-0.1, -0.05) is 12.1 Å². The van der Waals surface area contributed by atoms with Crippen molar-refractivity contribution in [3.05, 3.63) is 29.8 Å². The maximum absolute atomic E-state index is 10.6. The van der Waals surface area contributed by atoms with E-state index in [4.69, 9.17) is 4.55 Å². The molecule has 0 heterocycles. The highest BCUT2D eigenvalue weighted by molar-refractivity contribution is 7.85. The first-order valence-corrected chi connectivity index (χ1v) is 5.71. The molecule has 0 aliphatic rings. The molecule has 1 aromatic rings. The molecule has 1 aromatic carbocycles. The monoisotopic (exact) mass is 215 g/mol. The average molecular weight is 215 g/mol. The summed E-state index contributed by atoms with van der Waals surface area (Å²) in [5.74, 6) is -0.339. The quantitative estimate of drug-likeness (QED) is 0.768. The van der Waals surface area contributed by atoms with Gasteiger partial charge in [0, 0.05) is 19.8 Å². The van der Waals surface area contributed by atoms with Crippen molar-refractivity contribution in [3.63, 3.8) is 0 Å². The van der Waals surface area contributed by atoms with Crippen LogP contribution in [0.25, 0.3) is 0 Å². The first-order valence-electron chi connectivity index (χ1n) is 4.10. The highest BCUT2D eigenvalue weighted by Crippen LogP contribution is 2.14. The number of hydrogen-bond acceptors (Lipinski definition) is 3. The lowest BCUT2D eigenvalue weighted by atomic mass is 10.2. The zero-order chi connectivity index (χ0) is 10.8. The molecule has 0 atom stereocenters. The van der Waals surface area contributed by atoms with E-state index in [1.807, 2.05) is 25.1 Å². The number of anilines is 1. The summed E-state index contributed by atoms with van der Waals surface area (Å²) in [5.41, 5.74) is 1.49. The largest absolute Gasteiger partial charge is 0.378 e. The standard InChI is InChI=1S/C9H13NO3S/c1-10(2)9-5-3-4-8(6-9)7-14(11,12)13/h3-6H,7H2,1-2H3,(H,11,12,13). The fourth-order valence-corrected chi connectivity index (χ4v) is 1.74. The molecule has 0 fully saturated rings. The van der Waals surface area contributed by atoms with E-state index in [1.54, 1.807) is 18.2 Å². The highest BCUT2D eigenvalue weighted by atomic mass is 32.2. The molecule has 0 aromatic heterocycles. The summed E-state index contributed by atoms with van der Waals surface area (Å²) < 4.78 is 29.9. The molecular formula is C9H13NO3S. The van der Waals surface area contributed by atoms with Gasteiger partial charge < -0.3 is 4.90 Å². The molecule has 0 saturated carbocycles. The smallest absolute Gasteiger partial charge is 0.269 e. The van der Waals surface area contributed by atoms with Crippen LogP contribution in [0.4, 0.5) is 5.69 Å². The van der Waals surface area contributed by atoms with Crippen molar-refractivity contribution >= 4 is 15.8 Å². The summed E-state index contributed by atoms with van der Waals surface area (Å²) in [6, 6.07) is 7.03. The van der Waals surface area contributed by atoms with Crippen molar-refractivity contribution < 1.29 is 13.0 Å². The van der Waals surface area contributed by atoms with Gasteiger partial charge in [0.15, 0.2) is 0 Å². The third-order valence-electron chi connectivity index (χ3n) is 1.78. The highest BCUT2D eigenvalue weighted by Gasteiger charge is 2.07. The number of nitrogens with zero attached hydrogens (tertiary/aromatic N) is 1. The van der Waals surface area contributed by atoms with Crippen LogP contribution in [0.1, 0.15) is 5.56 Å². The van der Waals surface area contributed by atoms with Gasteiger partial charge in [-0.25, -0.2) is 0 Å². The topological polar surface area (TPSA) is 57.6 Å². The van der Waals surface area contributed by atoms with Gasteiger partial charge in [-0.2, -0.15) is 8.42 Å². The van der Waals surface area contributed by atoms with E-state index in [0.29, 0.717) is 5.56 Å². The zero-order valence-corrected chi connectivity index (χ0v) is 8.95. The van der Waals surface area contributed by atoms with Crippen LogP contribution in [-0.2, 0) is 15.9 Å². The van der Waals surface area contributed by atoms with Gasteiger partial charge in [0.1, 0.15) is 5.75 Å². The van der Waals surface area contributed by atoms with Gasteiger partial charge in [-0.15, -0.1) is 0 Å². The summed E-state index contributed by atoms with van der Waals surface area (Å²) >= 11 is 0. The molecule has 1 rings (SSSR count). The van der Waals surface area contributed by atoms with Crippen molar-refractivity contribution in [2.24, 2.45) is 0 Å². The van der Waals surface area contributed by atoms with Crippen LogP contribution in [0, 0.1) is 0 Å². The second-order valence-corrected chi connectivity index (χ2v) is 4.74. The molecule has 0 saturated heterocycles. The molecule has 0 bridgehead atoms. The van der Waals surface area contributed by atoms with Crippen molar-refractivity contribution in [1.82, 2.24) is 0 Å². The Hall–Kier alpha value is -1.07. The second-order valence-electron chi connectivity index (χ2n) is 3.29. The second kappa shape index (κ2) is 3.98. The fraction of sp³-hybridized carbons (Fsp3) is 0.333. The lowest BCUT2D eigenvalue weighted by Crippen LogP contribution is -2.09. The van der Waals surface area contributed by atoms with Crippen molar-refractivity contribution in [1.29, 1.82) is 0 Å².